The molecule has 1 aromatic carbocycles. The SMILES string of the molecule is CCc1oc(Br)nc1-c1ccc(OC)cc1. The molecule has 0 bridgehead atoms. The van der Waals surface area contributed by atoms with Gasteiger partial charge in [-0.15, -0.1) is 0 Å². The number of aryl methyl sites for hydroxylation is 1. The second-order valence-corrected chi connectivity index (χ2v) is 4.00. The smallest absolute Gasteiger partial charge is 0.264 e. The van der Waals surface area contributed by atoms with Crippen molar-refractivity contribution in [2.45, 2.75) is 13.3 Å². The first kappa shape index (κ1) is 11.2. The Morgan fingerprint density at radius 3 is 2.56 bits per heavy atom. The van der Waals surface area contributed by atoms with Crippen LogP contribution in [-0.2, 0) is 6.42 Å². The predicted octanol–water partition coefficient (Wildman–Crippen LogP) is 3.68. The molecule has 0 unspecified atom stereocenters. The average Bonchev–Trinajstić information content (AvgIpc) is 2.70. The van der Waals surface area contributed by atoms with Gasteiger partial charge in [-0.2, -0.15) is 0 Å². The number of oxazole rings is 1. The van der Waals surface area contributed by atoms with Crippen LogP contribution in [-0.4, -0.2) is 12.1 Å². The third kappa shape index (κ3) is 2.11. The summed E-state index contributed by atoms with van der Waals surface area (Å²) in [4.78, 5) is 4.84. The average molecular weight is 282 g/mol. The lowest BCUT2D eigenvalue weighted by Crippen LogP contribution is -1.86. The van der Waals surface area contributed by atoms with E-state index in [-0.39, 0.29) is 0 Å². The summed E-state index contributed by atoms with van der Waals surface area (Å²) < 4.78 is 10.6. The van der Waals surface area contributed by atoms with Crippen LogP contribution in [0.4, 0.5) is 0 Å². The summed E-state index contributed by atoms with van der Waals surface area (Å²) in [6.07, 6.45) is 0.819. The highest BCUT2D eigenvalue weighted by atomic mass is 79.9. The first-order chi connectivity index (χ1) is 7.74. The Labute approximate surface area is 103 Å². The van der Waals surface area contributed by atoms with Crippen LogP contribution < -0.4 is 4.74 Å². The van der Waals surface area contributed by atoms with Gasteiger partial charge in [0, 0.05) is 27.9 Å². The lowest BCUT2D eigenvalue weighted by Gasteiger charge is -2.01. The standard InChI is InChI=1S/C12H12BrNO2/c1-3-10-11(14-12(13)16-10)8-4-6-9(15-2)7-5-8/h4-7H,3H2,1-2H3. The van der Waals surface area contributed by atoms with Crippen LogP contribution in [0.15, 0.2) is 33.5 Å². The number of hydrogen-bond donors (Lipinski definition) is 0. The Kier molecular flexibility index (Phi) is 3.29. The van der Waals surface area contributed by atoms with Gasteiger partial charge in [0.05, 0.1) is 7.11 Å². The molecule has 2 rings (SSSR count). The molecule has 0 amide bonds. The van der Waals surface area contributed by atoms with Crippen LogP contribution in [0.5, 0.6) is 5.75 Å². The zero-order valence-electron chi connectivity index (χ0n) is 9.16. The molecule has 0 fully saturated rings. The Balaban J connectivity index is 2.41. The molecule has 0 aliphatic heterocycles. The van der Waals surface area contributed by atoms with E-state index in [1.165, 1.54) is 0 Å². The topological polar surface area (TPSA) is 35.3 Å². The van der Waals surface area contributed by atoms with Gasteiger partial charge >= 0.3 is 0 Å². The van der Waals surface area contributed by atoms with Crippen LogP contribution in [0, 0.1) is 0 Å². The molecule has 0 saturated carbocycles. The van der Waals surface area contributed by atoms with Crippen molar-refractivity contribution in [2.75, 3.05) is 7.11 Å². The van der Waals surface area contributed by atoms with Crippen LogP contribution in [0.25, 0.3) is 11.3 Å². The van der Waals surface area contributed by atoms with Gasteiger partial charge in [-0.3, -0.25) is 0 Å². The van der Waals surface area contributed by atoms with Crippen LogP contribution in [0.3, 0.4) is 0 Å². The van der Waals surface area contributed by atoms with Crippen molar-refractivity contribution in [2.24, 2.45) is 0 Å². The second-order valence-electron chi connectivity index (χ2n) is 3.32. The normalized spacial score (nSPS) is 10.4. The maximum absolute atomic E-state index is 5.45. The van der Waals surface area contributed by atoms with E-state index < -0.39 is 0 Å². The van der Waals surface area contributed by atoms with Gasteiger partial charge in [0.2, 0.25) is 0 Å². The number of benzene rings is 1. The zero-order chi connectivity index (χ0) is 11.5. The minimum absolute atomic E-state index is 0.523. The van der Waals surface area contributed by atoms with E-state index in [2.05, 4.69) is 20.9 Å². The summed E-state index contributed by atoms with van der Waals surface area (Å²) >= 11 is 3.25. The van der Waals surface area contributed by atoms with Gasteiger partial charge in [0.1, 0.15) is 17.2 Å². The Morgan fingerprint density at radius 2 is 2.00 bits per heavy atom. The number of halogens is 1. The molecule has 0 N–H and O–H groups in total. The quantitative estimate of drug-likeness (QED) is 0.861. The molecule has 0 aliphatic rings. The summed E-state index contributed by atoms with van der Waals surface area (Å²) in [5, 5.41) is 0. The summed E-state index contributed by atoms with van der Waals surface area (Å²) in [6.45, 7) is 2.04. The van der Waals surface area contributed by atoms with Gasteiger partial charge in [-0.1, -0.05) is 6.92 Å². The molecule has 16 heavy (non-hydrogen) atoms. The third-order valence-corrected chi connectivity index (χ3v) is 2.70. The largest absolute Gasteiger partial charge is 0.497 e. The van der Waals surface area contributed by atoms with Gasteiger partial charge in [-0.05, 0) is 24.3 Å². The highest BCUT2D eigenvalue weighted by Crippen LogP contribution is 2.27. The number of hydrogen-bond acceptors (Lipinski definition) is 3. The van der Waals surface area contributed by atoms with Gasteiger partial charge in [0.25, 0.3) is 4.80 Å². The van der Waals surface area contributed by atoms with Crippen molar-refractivity contribution in [3.63, 3.8) is 0 Å². The second kappa shape index (κ2) is 4.70. The molecular weight excluding hydrogens is 270 g/mol. The number of nitrogens with zero attached hydrogens (tertiary/aromatic N) is 1. The molecule has 4 heteroatoms. The van der Waals surface area contributed by atoms with E-state index in [0.717, 1.165) is 29.2 Å². The monoisotopic (exact) mass is 281 g/mol. The van der Waals surface area contributed by atoms with Crippen molar-refractivity contribution in [1.29, 1.82) is 0 Å². The maximum atomic E-state index is 5.45. The molecule has 0 atom stereocenters. The fourth-order valence-electron chi connectivity index (χ4n) is 1.54. The lowest BCUT2D eigenvalue weighted by molar-refractivity contribution is 0.415. The molecular formula is C12H12BrNO2. The summed E-state index contributed by atoms with van der Waals surface area (Å²) in [5.74, 6) is 1.72. The van der Waals surface area contributed by atoms with E-state index >= 15 is 0 Å². The molecule has 1 aromatic heterocycles. The molecule has 1 heterocycles. The number of ether oxygens (including phenoxy) is 1. The number of rotatable bonds is 3. The molecule has 84 valence electrons. The Bertz CT molecular complexity index is 476. The predicted molar refractivity (Wildman–Crippen MR) is 65.6 cm³/mol. The lowest BCUT2D eigenvalue weighted by atomic mass is 10.1. The van der Waals surface area contributed by atoms with E-state index in [1.54, 1.807) is 7.11 Å². The molecule has 3 nitrogen and oxygen atoms in total. The first-order valence-electron chi connectivity index (χ1n) is 5.04. The fourth-order valence-corrected chi connectivity index (χ4v) is 1.91. The molecule has 2 aromatic rings. The number of aromatic nitrogens is 1. The van der Waals surface area contributed by atoms with E-state index in [0.29, 0.717) is 4.80 Å². The summed E-state index contributed by atoms with van der Waals surface area (Å²) in [6, 6.07) is 7.78. The van der Waals surface area contributed by atoms with Crippen LogP contribution in [0.1, 0.15) is 12.7 Å². The highest BCUT2D eigenvalue weighted by Gasteiger charge is 2.11. The van der Waals surface area contributed by atoms with Gasteiger partial charge < -0.3 is 9.15 Å². The van der Waals surface area contributed by atoms with E-state index in [4.69, 9.17) is 9.15 Å². The highest BCUT2D eigenvalue weighted by molar-refractivity contribution is 9.10. The Morgan fingerprint density at radius 1 is 1.31 bits per heavy atom. The third-order valence-electron chi connectivity index (χ3n) is 2.36. The summed E-state index contributed by atoms with van der Waals surface area (Å²) in [5.41, 5.74) is 1.92. The minimum atomic E-state index is 0.523. The maximum Gasteiger partial charge on any atom is 0.264 e. The van der Waals surface area contributed by atoms with Crippen molar-refractivity contribution in [1.82, 2.24) is 4.98 Å². The Hall–Kier alpha value is -1.29. The molecule has 0 aliphatic carbocycles. The molecule has 0 spiro atoms. The van der Waals surface area contributed by atoms with Gasteiger partial charge in [-0.25, -0.2) is 4.98 Å². The van der Waals surface area contributed by atoms with Crippen LogP contribution >= 0.6 is 15.9 Å². The molecule has 0 radical (unpaired) electrons. The number of methoxy groups -OCH3 is 1. The first-order valence-corrected chi connectivity index (χ1v) is 5.83. The molecule has 0 saturated heterocycles. The van der Waals surface area contributed by atoms with Crippen molar-refractivity contribution >= 4 is 15.9 Å². The van der Waals surface area contributed by atoms with Crippen molar-refractivity contribution < 1.29 is 9.15 Å². The van der Waals surface area contributed by atoms with Crippen molar-refractivity contribution in [3.8, 4) is 17.0 Å². The van der Waals surface area contributed by atoms with Gasteiger partial charge in [0.15, 0.2) is 0 Å². The summed E-state index contributed by atoms with van der Waals surface area (Å²) in [7, 11) is 1.65. The van der Waals surface area contributed by atoms with E-state index in [9.17, 15) is 0 Å². The van der Waals surface area contributed by atoms with Crippen molar-refractivity contribution in [3.05, 3.63) is 34.8 Å². The minimum Gasteiger partial charge on any atom is -0.497 e. The zero-order valence-corrected chi connectivity index (χ0v) is 10.7. The van der Waals surface area contributed by atoms with Crippen LogP contribution in [0.2, 0.25) is 0 Å². The fraction of sp³-hybridized carbons (Fsp3) is 0.250. The van der Waals surface area contributed by atoms with E-state index in [1.807, 2.05) is 31.2 Å².